The van der Waals surface area contributed by atoms with Crippen LogP contribution >= 0.6 is 0 Å². The molecule has 0 spiro atoms. The zero-order chi connectivity index (χ0) is 18.8. The SMILES string of the molecule is O=C(O)c1cn(C[C@@H]2CCCN2C(=O)c2ccc(F)cc2)cc(O)c1=O. The second-order valence-corrected chi connectivity index (χ2v) is 6.19. The molecule has 2 N–H and O–H groups in total. The number of hydrogen-bond acceptors (Lipinski definition) is 4. The van der Waals surface area contributed by atoms with E-state index in [-0.39, 0.29) is 18.5 Å². The summed E-state index contributed by atoms with van der Waals surface area (Å²) in [7, 11) is 0. The maximum absolute atomic E-state index is 13.0. The molecule has 0 unspecified atom stereocenters. The average molecular weight is 360 g/mol. The molecular formula is C18H17FN2O5. The average Bonchev–Trinajstić information content (AvgIpc) is 3.05. The first-order valence-corrected chi connectivity index (χ1v) is 8.09. The molecule has 1 atom stereocenters. The van der Waals surface area contributed by atoms with E-state index in [0.29, 0.717) is 18.5 Å². The molecule has 7 nitrogen and oxygen atoms in total. The molecule has 0 aliphatic carbocycles. The summed E-state index contributed by atoms with van der Waals surface area (Å²) in [6, 6.07) is 5.05. The molecule has 0 bridgehead atoms. The van der Waals surface area contributed by atoms with E-state index in [1.54, 1.807) is 4.90 Å². The summed E-state index contributed by atoms with van der Waals surface area (Å²) in [5.41, 5.74) is -1.11. The number of rotatable bonds is 4. The summed E-state index contributed by atoms with van der Waals surface area (Å²) in [6.07, 6.45) is 3.79. The van der Waals surface area contributed by atoms with Crippen LogP contribution in [0.25, 0.3) is 0 Å². The zero-order valence-corrected chi connectivity index (χ0v) is 13.8. The lowest BCUT2D eigenvalue weighted by Crippen LogP contribution is -2.38. The number of aromatic carboxylic acids is 1. The normalized spacial score (nSPS) is 16.7. The van der Waals surface area contributed by atoms with Crippen molar-refractivity contribution in [1.29, 1.82) is 0 Å². The molecule has 2 aromatic rings. The lowest BCUT2D eigenvalue weighted by molar-refractivity contribution is 0.0686. The van der Waals surface area contributed by atoms with Gasteiger partial charge in [0.1, 0.15) is 11.4 Å². The number of carbonyl (C=O) groups excluding carboxylic acids is 1. The molecular weight excluding hydrogens is 343 g/mol. The van der Waals surface area contributed by atoms with Gasteiger partial charge in [0.2, 0.25) is 5.43 Å². The lowest BCUT2D eigenvalue weighted by Gasteiger charge is -2.26. The summed E-state index contributed by atoms with van der Waals surface area (Å²) >= 11 is 0. The lowest BCUT2D eigenvalue weighted by atomic mass is 10.1. The van der Waals surface area contributed by atoms with Gasteiger partial charge in [0.25, 0.3) is 5.91 Å². The van der Waals surface area contributed by atoms with E-state index < -0.39 is 28.5 Å². The maximum Gasteiger partial charge on any atom is 0.341 e. The van der Waals surface area contributed by atoms with Gasteiger partial charge in [-0.05, 0) is 37.1 Å². The Morgan fingerprint density at radius 3 is 2.54 bits per heavy atom. The molecule has 0 saturated carbocycles. The molecule has 1 amide bonds. The highest BCUT2D eigenvalue weighted by atomic mass is 19.1. The Kier molecular flexibility index (Phi) is 4.75. The molecule has 1 aliphatic rings. The van der Waals surface area contributed by atoms with Gasteiger partial charge in [-0.1, -0.05) is 0 Å². The largest absolute Gasteiger partial charge is 0.503 e. The Morgan fingerprint density at radius 2 is 1.88 bits per heavy atom. The fourth-order valence-corrected chi connectivity index (χ4v) is 3.17. The number of carboxylic acids is 1. The van der Waals surface area contributed by atoms with Gasteiger partial charge in [0, 0.05) is 37.1 Å². The van der Waals surface area contributed by atoms with Gasteiger partial charge in [-0.25, -0.2) is 9.18 Å². The minimum Gasteiger partial charge on any atom is -0.503 e. The van der Waals surface area contributed by atoms with Crippen LogP contribution in [0.1, 0.15) is 33.6 Å². The van der Waals surface area contributed by atoms with Crippen molar-refractivity contribution in [3.05, 3.63) is 63.8 Å². The standard InChI is InChI=1S/C18H17FN2O5/c19-12-5-3-11(4-6-12)17(24)21-7-1-2-13(21)8-20-9-14(18(25)26)16(23)15(22)10-20/h3-6,9-10,13,22H,1-2,7-8H2,(H,25,26)/t13-/m0/s1. The number of halogens is 1. The summed E-state index contributed by atoms with van der Waals surface area (Å²) in [5.74, 6) is -2.75. The second-order valence-electron chi connectivity index (χ2n) is 6.19. The van der Waals surface area contributed by atoms with Crippen molar-refractivity contribution in [2.75, 3.05) is 6.54 Å². The number of likely N-dealkylation sites (tertiary alicyclic amines) is 1. The van der Waals surface area contributed by atoms with Crippen molar-refractivity contribution >= 4 is 11.9 Å². The smallest absolute Gasteiger partial charge is 0.341 e. The highest BCUT2D eigenvalue weighted by molar-refractivity contribution is 5.94. The number of nitrogens with zero attached hydrogens (tertiary/aromatic N) is 2. The van der Waals surface area contributed by atoms with Crippen LogP contribution in [0.4, 0.5) is 4.39 Å². The van der Waals surface area contributed by atoms with Crippen molar-refractivity contribution in [2.45, 2.75) is 25.4 Å². The van der Waals surface area contributed by atoms with E-state index in [4.69, 9.17) is 5.11 Å². The molecule has 1 saturated heterocycles. The number of hydrogen-bond donors (Lipinski definition) is 2. The Labute approximate surface area is 147 Å². The first kappa shape index (κ1) is 17.7. The van der Waals surface area contributed by atoms with Crippen molar-refractivity contribution < 1.29 is 24.2 Å². The molecule has 1 aromatic heterocycles. The highest BCUT2D eigenvalue weighted by Gasteiger charge is 2.30. The van der Waals surface area contributed by atoms with E-state index in [9.17, 15) is 23.9 Å². The number of amides is 1. The van der Waals surface area contributed by atoms with Gasteiger partial charge < -0.3 is 19.7 Å². The molecule has 2 heterocycles. The first-order chi connectivity index (χ1) is 12.4. The third kappa shape index (κ3) is 3.44. The van der Waals surface area contributed by atoms with Crippen LogP contribution in [-0.2, 0) is 6.54 Å². The van der Waals surface area contributed by atoms with Crippen molar-refractivity contribution in [3.63, 3.8) is 0 Å². The Morgan fingerprint density at radius 1 is 1.19 bits per heavy atom. The summed E-state index contributed by atoms with van der Waals surface area (Å²) in [6.45, 7) is 0.764. The van der Waals surface area contributed by atoms with Crippen LogP contribution in [0.2, 0.25) is 0 Å². The zero-order valence-electron chi connectivity index (χ0n) is 13.8. The van der Waals surface area contributed by atoms with Gasteiger partial charge in [-0.2, -0.15) is 0 Å². The fraction of sp³-hybridized carbons (Fsp3) is 0.278. The predicted octanol–water partition coefficient (Wildman–Crippen LogP) is 1.70. The highest BCUT2D eigenvalue weighted by Crippen LogP contribution is 2.22. The summed E-state index contributed by atoms with van der Waals surface area (Å²) in [4.78, 5) is 37.1. The molecule has 26 heavy (non-hydrogen) atoms. The molecule has 136 valence electrons. The first-order valence-electron chi connectivity index (χ1n) is 8.09. The van der Waals surface area contributed by atoms with Crippen LogP contribution in [0.3, 0.4) is 0 Å². The molecule has 1 fully saturated rings. The molecule has 1 aromatic carbocycles. The topological polar surface area (TPSA) is 99.8 Å². The van der Waals surface area contributed by atoms with E-state index in [2.05, 4.69) is 0 Å². The van der Waals surface area contributed by atoms with E-state index in [1.807, 2.05) is 0 Å². The monoisotopic (exact) mass is 360 g/mol. The number of carboxylic acid groups (broad SMARTS) is 1. The summed E-state index contributed by atoms with van der Waals surface area (Å²) in [5, 5.41) is 18.7. The molecule has 1 aliphatic heterocycles. The minimum absolute atomic E-state index is 0.226. The predicted molar refractivity (Wildman–Crippen MR) is 89.8 cm³/mol. The minimum atomic E-state index is -1.43. The Bertz CT molecular complexity index is 907. The van der Waals surface area contributed by atoms with Crippen LogP contribution < -0.4 is 5.43 Å². The van der Waals surface area contributed by atoms with Crippen LogP contribution in [-0.4, -0.2) is 44.1 Å². The van der Waals surface area contributed by atoms with E-state index >= 15 is 0 Å². The number of aromatic nitrogens is 1. The van der Waals surface area contributed by atoms with Gasteiger partial charge in [-0.3, -0.25) is 9.59 Å². The van der Waals surface area contributed by atoms with Crippen LogP contribution in [0.15, 0.2) is 41.5 Å². The van der Waals surface area contributed by atoms with E-state index in [1.165, 1.54) is 28.8 Å². The number of benzene rings is 1. The van der Waals surface area contributed by atoms with Crippen molar-refractivity contribution in [1.82, 2.24) is 9.47 Å². The fourth-order valence-electron chi connectivity index (χ4n) is 3.17. The number of carbonyl (C=O) groups is 2. The van der Waals surface area contributed by atoms with Gasteiger partial charge >= 0.3 is 5.97 Å². The van der Waals surface area contributed by atoms with Crippen LogP contribution in [0, 0.1) is 5.82 Å². The maximum atomic E-state index is 13.0. The molecule has 8 heteroatoms. The van der Waals surface area contributed by atoms with E-state index in [0.717, 1.165) is 18.8 Å². The van der Waals surface area contributed by atoms with Gasteiger partial charge in [0.15, 0.2) is 5.75 Å². The van der Waals surface area contributed by atoms with Crippen molar-refractivity contribution in [3.8, 4) is 5.75 Å². The number of pyridine rings is 1. The Balaban J connectivity index is 1.83. The van der Waals surface area contributed by atoms with Crippen molar-refractivity contribution in [2.24, 2.45) is 0 Å². The summed E-state index contributed by atoms with van der Waals surface area (Å²) < 4.78 is 14.4. The quantitative estimate of drug-likeness (QED) is 0.864. The molecule has 3 rings (SSSR count). The molecule has 0 radical (unpaired) electrons. The van der Waals surface area contributed by atoms with Crippen LogP contribution in [0.5, 0.6) is 5.75 Å². The number of aromatic hydroxyl groups is 1. The Hall–Kier alpha value is -3.16. The van der Waals surface area contributed by atoms with Gasteiger partial charge in [-0.15, -0.1) is 0 Å². The van der Waals surface area contributed by atoms with Gasteiger partial charge in [0.05, 0.1) is 0 Å². The third-order valence-electron chi connectivity index (χ3n) is 4.44. The second kappa shape index (κ2) is 6.99. The third-order valence-corrected chi connectivity index (χ3v) is 4.44.